The Hall–Kier alpha value is -0.220. The average Bonchev–Trinajstić information content (AvgIpc) is 2.01. The number of alkyl halides is 2. The fourth-order valence-electron chi connectivity index (χ4n) is 1.11. The minimum absolute atomic E-state index is 0.133. The van der Waals surface area contributed by atoms with Gasteiger partial charge in [-0.05, 0) is 25.9 Å². The molecule has 2 nitrogen and oxygen atoms in total. The summed E-state index contributed by atoms with van der Waals surface area (Å²) in [5.74, 6) is 0.696. The third-order valence-corrected chi connectivity index (χ3v) is 2.02. The van der Waals surface area contributed by atoms with Gasteiger partial charge < -0.3 is 5.32 Å². The summed E-state index contributed by atoms with van der Waals surface area (Å²) < 4.78 is 23.8. The van der Waals surface area contributed by atoms with E-state index in [0.29, 0.717) is 12.5 Å². The van der Waals surface area contributed by atoms with Crippen molar-refractivity contribution in [1.29, 1.82) is 0 Å². The third kappa shape index (κ3) is 9.86. The molecule has 0 atom stereocenters. The van der Waals surface area contributed by atoms with E-state index < -0.39 is 6.43 Å². The zero-order valence-electron chi connectivity index (χ0n) is 9.39. The molecule has 0 aromatic heterocycles. The van der Waals surface area contributed by atoms with Crippen molar-refractivity contribution < 1.29 is 8.78 Å². The Morgan fingerprint density at radius 3 is 2.36 bits per heavy atom. The highest BCUT2D eigenvalue weighted by molar-refractivity contribution is 4.57. The maximum atomic E-state index is 11.9. The number of hydrogen-bond acceptors (Lipinski definition) is 2. The van der Waals surface area contributed by atoms with Crippen molar-refractivity contribution in [2.75, 3.05) is 33.2 Å². The molecule has 0 heterocycles. The van der Waals surface area contributed by atoms with E-state index in [4.69, 9.17) is 0 Å². The summed E-state index contributed by atoms with van der Waals surface area (Å²) in [7, 11) is 1.72. The topological polar surface area (TPSA) is 15.3 Å². The number of nitrogens with zero attached hydrogens (tertiary/aromatic N) is 1. The summed E-state index contributed by atoms with van der Waals surface area (Å²) in [5, 5.41) is 3.23. The normalized spacial score (nSPS) is 12.0. The number of rotatable bonds is 8. The minimum atomic E-state index is -2.23. The van der Waals surface area contributed by atoms with Crippen LogP contribution < -0.4 is 5.32 Å². The molecule has 0 saturated carbocycles. The second-order valence-corrected chi connectivity index (χ2v) is 4.09. The van der Waals surface area contributed by atoms with E-state index in [1.807, 2.05) is 0 Å². The monoisotopic (exact) mass is 208 g/mol. The summed E-state index contributed by atoms with van der Waals surface area (Å²) >= 11 is 0. The molecule has 86 valence electrons. The molecule has 0 amide bonds. The van der Waals surface area contributed by atoms with Crippen LogP contribution in [0, 0.1) is 5.92 Å². The maximum absolute atomic E-state index is 11.9. The van der Waals surface area contributed by atoms with Crippen molar-refractivity contribution in [3.05, 3.63) is 0 Å². The highest BCUT2D eigenvalue weighted by Gasteiger charge is 2.06. The van der Waals surface area contributed by atoms with Gasteiger partial charge in [-0.1, -0.05) is 13.8 Å². The van der Waals surface area contributed by atoms with Crippen LogP contribution >= 0.6 is 0 Å². The molecular weight excluding hydrogens is 186 g/mol. The molecule has 0 saturated heterocycles. The predicted octanol–water partition coefficient (Wildman–Crippen LogP) is 1.82. The highest BCUT2D eigenvalue weighted by Crippen LogP contribution is 1.96. The summed E-state index contributed by atoms with van der Waals surface area (Å²) in [6.07, 6.45) is -1.09. The van der Waals surface area contributed by atoms with Crippen LogP contribution in [0.2, 0.25) is 0 Å². The number of halogens is 2. The third-order valence-electron chi connectivity index (χ3n) is 2.02. The van der Waals surface area contributed by atoms with E-state index in [2.05, 4.69) is 19.2 Å². The van der Waals surface area contributed by atoms with Gasteiger partial charge in [0.15, 0.2) is 0 Å². The van der Waals surface area contributed by atoms with E-state index >= 15 is 0 Å². The average molecular weight is 208 g/mol. The van der Waals surface area contributed by atoms with Crippen LogP contribution in [0.1, 0.15) is 20.3 Å². The molecule has 0 aromatic carbocycles. The van der Waals surface area contributed by atoms with E-state index in [-0.39, 0.29) is 6.54 Å². The van der Waals surface area contributed by atoms with E-state index in [1.165, 1.54) is 0 Å². The van der Waals surface area contributed by atoms with Crippen molar-refractivity contribution in [3.63, 3.8) is 0 Å². The quantitative estimate of drug-likeness (QED) is 0.612. The Morgan fingerprint density at radius 1 is 1.21 bits per heavy atom. The fraction of sp³-hybridized carbons (Fsp3) is 1.00. The van der Waals surface area contributed by atoms with Crippen LogP contribution in [-0.2, 0) is 0 Å². The molecule has 0 radical (unpaired) electrons. The summed E-state index contributed by atoms with van der Waals surface area (Å²) in [6, 6.07) is 0. The van der Waals surface area contributed by atoms with Crippen molar-refractivity contribution in [2.24, 2.45) is 5.92 Å². The number of likely N-dealkylation sites (N-methyl/N-ethyl adjacent to an activating group) is 1. The first-order chi connectivity index (χ1) is 6.52. The second-order valence-electron chi connectivity index (χ2n) is 4.09. The molecule has 4 heteroatoms. The fourth-order valence-corrected chi connectivity index (χ4v) is 1.11. The molecule has 0 aliphatic heterocycles. The van der Waals surface area contributed by atoms with Gasteiger partial charge in [0.05, 0.1) is 6.54 Å². The van der Waals surface area contributed by atoms with Gasteiger partial charge in [0.1, 0.15) is 0 Å². The molecule has 0 fully saturated rings. The molecule has 0 aromatic rings. The van der Waals surface area contributed by atoms with Gasteiger partial charge in [0, 0.05) is 13.1 Å². The first-order valence-corrected chi connectivity index (χ1v) is 5.19. The first-order valence-electron chi connectivity index (χ1n) is 5.19. The number of nitrogens with one attached hydrogen (secondary N) is 1. The van der Waals surface area contributed by atoms with Gasteiger partial charge in [0.2, 0.25) is 0 Å². The maximum Gasteiger partial charge on any atom is 0.251 e. The predicted molar refractivity (Wildman–Crippen MR) is 55.8 cm³/mol. The van der Waals surface area contributed by atoms with Crippen molar-refractivity contribution in [2.45, 2.75) is 26.7 Å². The number of hydrogen-bond donors (Lipinski definition) is 1. The molecule has 0 rings (SSSR count). The van der Waals surface area contributed by atoms with Crippen molar-refractivity contribution in [3.8, 4) is 0 Å². The lowest BCUT2D eigenvalue weighted by atomic mass is 10.1. The smallest absolute Gasteiger partial charge is 0.251 e. The van der Waals surface area contributed by atoms with Crippen LogP contribution in [0.5, 0.6) is 0 Å². The van der Waals surface area contributed by atoms with Gasteiger partial charge in [-0.2, -0.15) is 0 Å². The molecule has 14 heavy (non-hydrogen) atoms. The lowest BCUT2D eigenvalue weighted by molar-refractivity contribution is 0.101. The second kappa shape index (κ2) is 8.12. The minimum Gasteiger partial charge on any atom is -0.315 e. The molecular formula is C10H22F2N2. The molecule has 0 unspecified atom stereocenters. The van der Waals surface area contributed by atoms with Crippen LogP contribution in [0.25, 0.3) is 0 Å². The molecule has 0 bridgehead atoms. The van der Waals surface area contributed by atoms with Crippen LogP contribution in [0.4, 0.5) is 8.78 Å². The van der Waals surface area contributed by atoms with Gasteiger partial charge in [-0.3, -0.25) is 4.90 Å². The zero-order valence-corrected chi connectivity index (χ0v) is 9.39. The van der Waals surface area contributed by atoms with Crippen molar-refractivity contribution >= 4 is 0 Å². The van der Waals surface area contributed by atoms with Crippen LogP contribution in [-0.4, -0.2) is 44.6 Å². The Labute approximate surface area is 85.7 Å². The lowest BCUT2D eigenvalue weighted by Crippen LogP contribution is -2.32. The molecule has 0 spiro atoms. The Kier molecular flexibility index (Phi) is 7.99. The van der Waals surface area contributed by atoms with E-state index in [9.17, 15) is 8.78 Å². The molecule has 0 aliphatic carbocycles. The summed E-state index contributed by atoms with van der Waals surface area (Å²) in [4.78, 5) is 1.65. The molecule has 1 N–H and O–H groups in total. The van der Waals surface area contributed by atoms with Crippen molar-refractivity contribution in [1.82, 2.24) is 10.2 Å². The summed E-state index contributed by atoms with van der Waals surface area (Å²) in [6.45, 7) is 6.65. The largest absolute Gasteiger partial charge is 0.315 e. The SMILES string of the molecule is CC(C)CCNCCN(C)CC(F)F. The standard InChI is InChI=1S/C10H22F2N2/c1-9(2)4-5-13-6-7-14(3)8-10(11)12/h9-10,13H,4-8H2,1-3H3. The zero-order chi connectivity index (χ0) is 11.0. The summed E-state index contributed by atoms with van der Waals surface area (Å²) in [5.41, 5.74) is 0. The molecule has 0 aliphatic rings. The van der Waals surface area contributed by atoms with E-state index in [1.54, 1.807) is 11.9 Å². The Morgan fingerprint density at radius 2 is 1.86 bits per heavy atom. The van der Waals surface area contributed by atoms with E-state index in [0.717, 1.165) is 19.5 Å². The van der Waals surface area contributed by atoms with Gasteiger partial charge in [-0.25, -0.2) is 8.78 Å². The van der Waals surface area contributed by atoms with Gasteiger partial charge >= 0.3 is 0 Å². The van der Waals surface area contributed by atoms with Crippen LogP contribution in [0.15, 0.2) is 0 Å². The Bertz CT molecular complexity index is 129. The van der Waals surface area contributed by atoms with Crippen LogP contribution in [0.3, 0.4) is 0 Å². The Balaban J connectivity index is 3.19. The lowest BCUT2D eigenvalue weighted by Gasteiger charge is -2.16. The van der Waals surface area contributed by atoms with Gasteiger partial charge in [0.25, 0.3) is 6.43 Å². The van der Waals surface area contributed by atoms with Gasteiger partial charge in [-0.15, -0.1) is 0 Å². The first kappa shape index (κ1) is 13.8. The highest BCUT2D eigenvalue weighted by atomic mass is 19.3.